The van der Waals surface area contributed by atoms with E-state index in [4.69, 9.17) is 11.6 Å². The summed E-state index contributed by atoms with van der Waals surface area (Å²) in [5.41, 5.74) is 1.83. The van der Waals surface area contributed by atoms with E-state index in [2.05, 4.69) is 19.8 Å². The summed E-state index contributed by atoms with van der Waals surface area (Å²) < 4.78 is 3.89. The molecule has 1 aromatic carbocycles. The Kier molecular flexibility index (Phi) is 5.81. The molecule has 1 saturated heterocycles. The molecule has 1 fully saturated rings. The van der Waals surface area contributed by atoms with Crippen LogP contribution in [0, 0.1) is 0 Å². The average molecular weight is 365 g/mol. The average Bonchev–Trinajstić information content (AvgIpc) is 3.27. The van der Waals surface area contributed by atoms with E-state index in [1.165, 1.54) is 12.8 Å². The lowest BCUT2D eigenvalue weighted by molar-refractivity contribution is 0.0941. The second kappa shape index (κ2) is 8.05. The number of amides is 1. The summed E-state index contributed by atoms with van der Waals surface area (Å²) in [4.78, 5) is 15.5. The van der Waals surface area contributed by atoms with Crippen molar-refractivity contribution < 1.29 is 4.79 Å². The van der Waals surface area contributed by atoms with Crippen molar-refractivity contribution in [2.45, 2.75) is 32.2 Å². The molecule has 0 bridgehead atoms. The molecule has 2 aromatic rings. The zero-order valence-corrected chi connectivity index (χ0v) is 15.2. The van der Waals surface area contributed by atoms with Crippen molar-refractivity contribution in [3.8, 4) is 0 Å². The van der Waals surface area contributed by atoms with E-state index in [9.17, 15) is 4.79 Å². The Morgan fingerprint density at radius 1 is 1.38 bits per heavy atom. The SMILES string of the molecule is CCc1nnsc1C(=O)NCC(c1ccccc1Cl)N1CCCC1. The van der Waals surface area contributed by atoms with Crippen LogP contribution in [0.25, 0.3) is 0 Å². The standard InChI is InChI=1S/C17H21ClN4OS/c1-2-14-16(24-21-20-14)17(23)19-11-15(22-9-5-6-10-22)12-7-3-4-8-13(12)18/h3-4,7-8,15H,2,5-6,9-11H2,1H3,(H,19,23). The molecule has 7 heteroatoms. The van der Waals surface area contributed by atoms with Crippen molar-refractivity contribution in [1.82, 2.24) is 19.8 Å². The van der Waals surface area contributed by atoms with E-state index in [0.29, 0.717) is 17.8 Å². The molecule has 128 valence electrons. The number of nitrogens with zero attached hydrogens (tertiary/aromatic N) is 3. The van der Waals surface area contributed by atoms with Gasteiger partial charge in [0.15, 0.2) is 0 Å². The summed E-state index contributed by atoms with van der Waals surface area (Å²) in [5.74, 6) is -0.0990. The van der Waals surface area contributed by atoms with Gasteiger partial charge in [-0.05, 0) is 55.5 Å². The molecule has 1 aromatic heterocycles. The van der Waals surface area contributed by atoms with Gasteiger partial charge in [0.25, 0.3) is 5.91 Å². The highest BCUT2D eigenvalue weighted by molar-refractivity contribution is 7.08. The number of aryl methyl sites for hydroxylation is 1. The first-order valence-corrected chi connectivity index (χ1v) is 9.43. The Morgan fingerprint density at radius 2 is 2.12 bits per heavy atom. The van der Waals surface area contributed by atoms with Gasteiger partial charge in [-0.2, -0.15) is 0 Å². The van der Waals surface area contributed by atoms with E-state index < -0.39 is 0 Å². The highest BCUT2D eigenvalue weighted by Gasteiger charge is 2.26. The number of likely N-dealkylation sites (tertiary alicyclic amines) is 1. The molecule has 0 aliphatic carbocycles. The maximum atomic E-state index is 12.5. The Morgan fingerprint density at radius 3 is 2.83 bits per heavy atom. The van der Waals surface area contributed by atoms with Crippen LogP contribution in [0.15, 0.2) is 24.3 Å². The lowest BCUT2D eigenvalue weighted by Crippen LogP contribution is -2.37. The smallest absolute Gasteiger partial charge is 0.265 e. The third-order valence-corrected chi connectivity index (χ3v) is 5.51. The summed E-state index contributed by atoms with van der Waals surface area (Å²) >= 11 is 7.55. The highest BCUT2D eigenvalue weighted by atomic mass is 35.5. The van der Waals surface area contributed by atoms with Crippen LogP contribution in [-0.4, -0.2) is 40.0 Å². The minimum Gasteiger partial charge on any atom is -0.349 e. The lowest BCUT2D eigenvalue weighted by Gasteiger charge is -2.28. The topological polar surface area (TPSA) is 58.1 Å². The number of aromatic nitrogens is 2. The number of hydrogen-bond donors (Lipinski definition) is 1. The molecule has 3 rings (SSSR count). The number of carbonyl (C=O) groups excluding carboxylic acids is 1. The second-order valence-electron chi connectivity index (χ2n) is 5.89. The maximum absolute atomic E-state index is 12.5. The van der Waals surface area contributed by atoms with E-state index >= 15 is 0 Å². The van der Waals surface area contributed by atoms with Gasteiger partial charge >= 0.3 is 0 Å². The Balaban J connectivity index is 1.75. The van der Waals surface area contributed by atoms with Gasteiger partial charge in [-0.1, -0.05) is 41.2 Å². The van der Waals surface area contributed by atoms with E-state index in [1.54, 1.807) is 0 Å². The van der Waals surface area contributed by atoms with Gasteiger partial charge in [0.2, 0.25) is 0 Å². The molecule has 1 aliphatic rings. The fourth-order valence-corrected chi connectivity index (χ4v) is 4.04. The maximum Gasteiger partial charge on any atom is 0.265 e. The first kappa shape index (κ1) is 17.3. The van der Waals surface area contributed by atoms with Crippen LogP contribution in [0.4, 0.5) is 0 Å². The molecule has 2 heterocycles. The molecule has 0 spiro atoms. The van der Waals surface area contributed by atoms with Crippen LogP contribution in [0.5, 0.6) is 0 Å². The number of nitrogens with one attached hydrogen (secondary N) is 1. The molecule has 24 heavy (non-hydrogen) atoms. The summed E-state index contributed by atoms with van der Waals surface area (Å²) in [6.07, 6.45) is 3.08. The fourth-order valence-electron chi connectivity index (χ4n) is 3.12. The first-order valence-electron chi connectivity index (χ1n) is 8.28. The van der Waals surface area contributed by atoms with Crippen LogP contribution >= 0.6 is 23.1 Å². The van der Waals surface area contributed by atoms with Gasteiger partial charge in [0.05, 0.1) is 11.7 Å². The monoisotopic (exact) mass is 364 g/mol. The molecular formula is C17H21ClN4OS. The minimum absolute atomic E-state index is 0.0936. The number of benzene rings is 1. The molecule has 1 atom stereocenters. The largest absolute Gasteiger partial charge is 0.349 e. The summed E-state index contributed by atoms with van der Waals surface area (Å²) in [6, 6.07) is 7.97. The molecule has 0 radical (unpaired) electrons. The minimum atomic E-state index is -0.0990. The normalized spacial score (nSPS) is 16.2. The van der Waals surface area contributed by atoms with Crippen molar-refractivity contribution in [2.75, 3.05) is 19.6 Å². The van der Waals surface area contributed by atoms with Gasteiger partial charge < -0.3 is 5.32 Å². The van der Waals surface area contributed by atoms with Crippen molar-refractivity contribution >= 4 is 29.0 Å². The van der Waals surface area contributed by atoms with Gasteiger partial charge in [-0.3, -0.25) is 9.69 Å². The molecule has 1 N–H and O–H groups in total. The summed E-state index contributed by atoms with van der Waals surface area (Å²) in [6.45, 7) is 4.58. The second-order valence-corrected chi connectivity index (χ2v) is 7.05. The van der Waals surface area contributed by atoms with Crippen LogP contribution in [-0.2, 0) is 6.42 Å². The predicted octanol–water partition coefficient (Wildman–Crippen LogP) is 3.32. The van der Waals surface area contributed by atoms with Gasteiger partial charge in [0.1, 0.15) is 4.88 Å². The van der Waals surface area contributed by atoms with Gasteiger partial charge in [-0.25, -0.2) is 0 Å². The Labute approximate surface area is 151 Å². The zero-order chi connectivity index (χ0) is 16.9. The highest BCUT2D eigenvalue weighted by Crippen LogP contribution is 2.29. The Bertz CT molecular complexity index is 699. The van der Waals surface area contributed by atoms with E-state index in [1.807, 2.05) is 31.2 Å². The molecule has 0 saturated carbocycles. The predicted molar refractivity (Wildman–Crippen MR) is 96.6 cm³/mol. The van der Waals surface area contributed by atoms with Crippen LogP contribution < -0.4 is 5.32 Å². The summed E-state index contributed by atoms with van der Waals surface area (Å²) in [5, 5.41) is 7.81. The van der Waals surface area contributed by atoms with Crippen molar-refractivity contribution in [3.63, 3.8) is 0 Å². The summed E-state index contributed by atoms with van der Waals surface area (Å²) in [7, 11) is 0. The van der Waals surface area contributed by atoms with Gasteiger partial charge in [-0.15, -0.1) is 5.10 Å². The van der Waals surface area contributed by atoms with Crippen molar-refractivity contribution in [3.05, 3.63) is 45.4 Å². The number of rotatable bonds is 6. The number of hydrogen-bond acceptors (Lipinski definition) is 5. The molecule has 5 nitrogen and oxygen atoms in total. The van der Waals surface area contributed by atoms with E-state index in [-0.39, 0.29) is 11.9 Å². The molecule has 1 amide bonds. The molecule has 1 aliphatic heterocycles. The lowest BCUT2D eigenvalue weighted by atomic mass is 10.1. The molecule has 1 unspecified atom stereocenters. The van der Waals surface area contributed by atoms with Crippen molar-refractivity contribution in [1.29, 1.82) is 0 Å². The quantitative estimate of drug-likeness (QED) is 0.854. The number of halogens is 1. The number of carbonyl (C=O) groups is 1. The first-order chi connectivity index (χ1) is 11.7. The third kappa shape index (κ3) is 3.77. The fraction of sp³-hybridized carbons (Fsp3) is 0.471. The molecular weight excluding hydrogens is 344 g/mol. The van der Waals surface area contributed by atoms with E-state index in [0.717, 1.165) is 40.9 Å². The van der Waals surface area contributed by atoms with Crippen LogP contribution in [0.1, 0.15) is 46.7 Å². The third-order valence-electron chi connectivity index (χ3n) is 4.40. The van der Waals surface area contributed by atoms with Crippen LogP contribution in [0.2, 0.25) is 5.02 Å². The van der Waals surface area contributed by atoms with Gasteiger partial charge in [0, 0.05) is 11.6 Å². The van der Waals surface area contributed by atoms with Crippen molar-refractivity contribution in [2.24, 2.45) is 0 Å². The van der Waals surface area contributed by atoms with Crippen LogP contribution in [0.3, 0.4) is 0 Å². The zero-order valence-electron chi connectivity index (χ0n) is 13.7. The Hall–Kier alpha value is -1.50.